The molecule has 0 aliphatic carbocycles. The molecule has 0 radical (unpaired) electrons. The van der Waals surface area contributed by atoms with E-state index in [-0.39, 0.29) is 5.48 Å². The predicted octanol–water partition coefficient (Wildman–Crippen LogP) is 4.82. The smallest absolute Gasteiger partial charge is 0.219 e. The lowest BCUT2D eigenvalue weighted by atomic mass is 10.1. The van der Waals surface area contributed by atoms with E-state index in [0.717, 1.165) is 45.8 Å². The van der Waals surface area contributed by atoms with E-state index in [4.69, 9.17) is 37.9 Å². The van der Waals surface area contributed by atoms with Crippen LogP contribution in [0.3, 0.4) is 0 Å². The minimum Gasteiger partial charge on any atom is -0.474 e. The molecule has 3 N–H and O–H groups in total. The molecule has 11 heteroatoms. The number of aromatic amines is 1. The second-order valence-electron chi connectivity index (χ2n) is 8.29. The first-order valence-corrected chi connectivity index (χ1v) is 12.0. The summed E-state index contributed by atoms with van der Waals surface area (Å²) >= 11 is 13.4. The fraction of sp³-hybridized carbons (Fsp3) is 0.240. The van der Waals surface area contributed by atoms with Gasteiger partial charge >= 0.3 is 0 Å². The molecule has 0 amide bonds. The Balaban J connectivity index is 0.00000304. The van der Waals surface area contributed by atoms with Gasteiger partial charge in [0.2, 0.25) is 5.82 Å². The number of aromatic nitrogens is 7. The predicted molar refractivity (Wildman–Crippen MR) is 139 cm³/mol. The van der Waals surface area contributed by atoms with Crippen LogP contribution in [0.25, 0.3) is 11.2 Å². The second kappa shape index (κ2) is 10.6. The zero-order chi connectivity index (χ0) is 24.5. The van der Waals surface area contributed by atoms with Gasteiger partial charge in [0.15, 0.2) is 17.5 Å². The molecule has 1 unspecified atom stereocenters. The number of H-pyrrole nitrogens is 1. The van der Waals surface area contributed by atoms with Gasteiger partial charge in [0, 0.05) is 17.7 Å². The van der Waals surface area contributed by atoms with E-state index in [1.54, 1.807) is 0 Å². The molecule has 5 aromatic rings. The van der Waals surface area contributed by atoms with E-state index in [9.17, 15) is 0 Å². The molecule has 0 bridgehead atoms. The van der Waals surface area contributed by atoms with Crippen molar-refractivity contribution in [2.75, 3.05) is 0 Å². The zero-order valence-corrected chi connectivity index (χ0v) is 21.5. The molecule has 5 rings (SSSR count). The number of aryl methyl sites for hydroxylation is 3. The highest BCUT2D eigenvalue weighted by atomic mass is 35.5. The Morgan fingerprint density at radius 2 is 1.75 bits per heavy atom. The van der Waals surface area contributed by atoms with Gasteiger partial charge in [0.1, 0.15) is 11.3 Å². The van der Waals surface area contributed by atoms with Crippen molar-refractivity contribution < 1.29 is 10.2 Å². The Hall–Kier alpha value is -3.53. The Kier molecular flexibility index (Phi) is 7.53. The average Bonchev–Trinajstić information content (AvgIpc) is 3.48. The maximum Gasteiger partial charge on any atom is 0.219 e. The molecule has 0 aliphatic rings. The van der Waals surface area contributed by atoms with Crippen LogP contribution in [0.1, 0.15) is 47.1 Å². The van der Waals surface area contributed by atoms with Crippen LogP contribution in [-0.4, -0.2) is 40.6 Å². The summed E-state index contributed by atoms with van der Waals surface area (Å²) in [5.74, 6) is 1.68. The van der Waals surface area contributed by atoms with Crippen molar-refractivity contribution in [3.05, 3.63) is 92.6 Å². The lowest BCUT2D eigenvalue weighted by molar-refractivity contribution is 0.237. The van der Waals surface area contributed by atoms with Crippen LogP contribution in [0.2, 0.25) is 10.0 Å². The maximum atomic E-state index is 6.70. The van der Waals surface area contributed by atoms with Gasteiger partial charge in [-0.1, -0.05) is 65.7 Å². The Morgan fingerprint density at radius 1 is 1.03 bits per heavy atom. The van der Waals surface area contributed by atoms with Crippen molar-refractivity contribution in [2.24, 2.45) is 0 Å². The molecule has 0 saturated carbocycles. The molecule has 9 nitrogen and oxygen atoms in total. The fourth-order valence-electron chi connectivity index (χ4n) is 4.18. The first kappa shape index (κ1) is 25.6. The number of nitrogens with zero attached hydrogens (tertiary/aromatic N) is 6. The molecule has 3 heterocycles. The third-order valence-corrected chi connectivity index (χ3v) is 6.31. The van der Waals surface area contributed by atoms with Crippen molar-refractivity contribution in [3.8, 4) is 5.75 Å². The number of hydrogen-bond donors (Lipinski definition) is 1. The van der Waals surface area contributed by atoms with Crippen LogP contribution >= 0.6 is 23.2 Å². The SMILES string of the molecule is CCc1nc2c(C)cc(C)nc2n1Cc1cc(Cl)c(OC(c2ccccc2)c2nn[nH]n2)c(Cl)c1.O. The molecule has 36 heavy (non-hydrogen) atoms. The van der Waals surface area contributed by atoms with Crippen LogP contribution in [0, 0.1) is 13.8 Å². The number of nitrogens with one attached hydrogen (secondary N) is 1. The average molecular weight is 526 g/mol. The number of fused-ring (bicyclic) bond motifs is 1. The summed E-state index contributed by atoms with van der Waals surface area (Å²) in [6.07, 6.45) is 0.149. The topological polar surface area (TPSA) is 126 Å². The van der Waals surface area contributed by atoms with E-state index < -0.39 is 6.10 Å². The summed E-state index contributed by atoms with van der Waals surface area (Å²) in [7, 11) is 0. The molecular weight excluding hydrogens is 501 g/mol. The number of benzene rings is 2. The van der Waals surface area contributed by atoms with Gasteiger partial charge in [0.05, 0.1) is 16.6 Å². The largest absolute Gasteiger partial charge is 0.474 e. The van der Waals surface area contributed by atoms with Crippen molar-refractivity contribution in [1.29, 1.82) is 0 Å². The molecule has 1 atom stereocenters. The van der Waals surface area contributed by atoms with Crippen molar-refractivity contribution in [1.82, 2.24) is 35.2 Å². The van der Waals surface area contributed by atoms with E-state index >= 15 is 0 Å². The second-order valence-corrected chi connectivity index (χ2v) is 9.10. The number of ether oxygens (including phenoxy) is 1. The lowest BCUT2D eigenvalue weighted by Crippen LogP contribution is -2.12. The number of rotatable bonds is 7. The van der Waals surface area contributed by atoms with E-state index in [0.29, 0.717) is 28.2 Å². The highest BCUT2D eigenvalue weighted by molar-refractivity contribution is 6.37. The van der Waals surface area contributed by atoms with E-state index in [2.05, 4.69) is 39.0 Å². The van der Waals surface area contributed by atoms with Crippen molar-refractivity contribution >= 4 is 34.4 Å². The highest BCUT2D eigenvalue weighted by Crippen LogP contribution is 2.38. The van der Waals surface area contributed by atoms with Gasteiger partial charge in [0.25, 0.3) is 0 Å². The van der Waals surface area contributed by atoms with Gasteiger partial charge < -0.3 is 14.8 Å². The molecule has 0 fully saturated rings. The van der Waals surface area contributed by atoms with E-state index in [1.165, 1.54) is 0 Å². The number of halogens is 2. The van der Waals surface area contributed by atoms with Gasteiger partial charge in [-0.2, -0.15) is 5.21 Å². The normalized spacial score (nSPS) is 11.9. The minimum atomic E-state index is -0.629. The van der Waals surface area contributed by atoms with Crippen LogP contribution in [0.4, 0.5) is 0 Å². The molecule has 0 spiro atoms. The first-order chi connectivity index (χ1) is 16.9. The zero-order valence-electron chi connectivity index (χ0n) is 20.0. The molecule has 0 aliphatic heterocycles. The number of tetrazole rings is 1. The number of pyridine rings is 1. The first-order valence-electron chi connectivity index (χ1n) is 11.2. The molecular formula is C25H25Cl2N7O2. The third kappa shape index (κ3) is 4.90. The number of imidazole rings is 1. The Morgan fingerprint density at radius 3 is 2.39 bits per heavy atom. The van der Waals surface area contributed by atoms with E-state index in [1.807, 2.05) is 55.5 Å². The van der Waals surface area contributed by atoms with Crippen LogP contribution < -0.4 is 4.74 Å². The quantitative estimate of drug-likeness (QED) is 0.324. The van der Waals surface area contributed by atoms with Crippen LogP contribution in [0.5, 0.6) is 5.75 Å². The van der Waals surface area contributed by atoms with Gasteiger partial charge in [-0.3, -0.25) is 0 Å². The Labute approximate surface area is 217 Å². The lowest BCUT2D eigenvalue weighted by Gasteiger charge is -2.19. The fourth-order valence-corrected chi connectivity index (χ4v) is 4.80. The minimum absolute atomic E-state index is 0. The maximum absolute atomic E-state index is 6.70. The summed E-state index contributed by atoms with van der Waals surface area (Å²) in [4.78, 5) is 9.57. The third-order valence-electron chi connectivity index (χ3n) is 5.75. The Bertz CT molecular complexity index is 1460. The molecule has 186 valence electrons. The summed E-state index contributed by atoms with van der Waals surface area (Å²) in [6.45, 7) is 6.66. The molecule has 0 saturated heterocycles. The summed E-state index contributed by atoms with van der Waals surface area (Å²) in [6, 6.07) is 15.4. The van der Waals surface area contributed by atoms with Gasteiger partial charge in [-0.25, -0.2) is 9.97 Å². The van der Waals surface area contributed by atoms with Crippen LogP contribution in [-0.2, 0) is 13.0 Å². The highest BCUT2D eigenvalue weighted by Gasteiger charge is 2.24. The van der Waals surface area contributed by atoms with Gasteiger partial charge in [-0.05, 0) is 43.2 Å². The van der Waals surface area contributed by atoms with Crippen molar-refractivity contribution in [3.63, 3.8) is 0 Å². The molecule has 2 aromatic carbocycles. The standard InChI is InChI=1S/C25H23Cl2N7O.H2O/c1-4-20-29-21-14(2)10-15(3)28-25(21)34(20)13-16-11-18(26)23(19(27)12-16)35-22(24-30-32-33-31-24)17-8-6-5-7-9-17;/h5-12,22H,4,13H2,1-3H3,(H,30,31,32,33);1H2. The summed E-state index contributed by atoms with van der Waals surface area (Å²) in [5, 5.41) is 15.1. The van der Waals surface area contributed by atoms with Gasteiger partial charge in [-0.15, -0.1) is 10.2 Å². The summed E-state index contributed by atoms with van der Waals surface area (Å²) < 4.78 is 8.38. The number of hydrogen-bond acceptors (Lipinski definition) is 6. The van der Waals surface area contributed by atoms with Crippen molar-refractivity contribution in [2.45, 2.75) is 39.8 Å². The monoisotopic (exact) mass is 525 g/mol. The molecule has 3 aromatic heterocycles. The summed E-state index contributed by atoms with van der Waals surface area (Å²) in [5.41, 5.74) is 5.59. The van der Waals surface area contributed by atoms with Crippen LogP contribution in [0.15, 0.2) is 48.5 Å².